The summed E-state index contributed by atoms with van der Waals surface area (Å²) in [6.07, 6.45) is 11.1. The number of thioether (sulfide) groups is 1. The number of hydrogen-bond acceptors (Lipinski definition) is 8. The molecule has 10 heteroatoms. The number of Topliss-reactive ketones (excluding diaryl/α,β-unsaturated/α-hetero) is 5. The molecule has 1 aromatic carbocycles. The van der Waals surface area contributed by atoms with E-state index in [1.807, 2.05) is 51.1 Å². The molecule has 2 N–H and O–H groups in total. The third-order valence-electron chi connectivity index (χ3n) is 12.4. The molecule has 3 aliphatic rings. The van der Waals surface area contributed by atoms with Gasteiger partial charge in [-0.15, -0.1) is 0 Å². The molecular weight excluding hydrogens is 761 g/mol. The van der Waals surface area contributed by atoms with Gasteiger partial charge >= 0.3 is 0 Å². The molecule has 5 unspecified atom stereocenters. The Hall–Kier alpha value is -3.14. The maximum Gasteiger partial charge on any atom is 0.224 e. The molecule has 0 spiro atoms. The Bertz CT molecular complexity index is 1540. The fourth-order valence-electron chi connectivity index (χ4n) is 7.62. The maximum absolute atomic E-state index is 14.1. The molecule has 1 aliphatic heterocycles. The SMILES string of the molecule is C.CC(=O)C(C)c1ccccc1.CCC(C)=O.CCCC(C)(C)CC(=O)NC(C(=O)CC(C[C@H](CC)CC1(C)CC1)C(=O)NC(CC1CC1)C(=O)C(C)=O)C1(C)CCS1. The lowest BCUT2D eigenvalue weighted by atomic mass is 9.80. The van der Waals surface area contributed by atoms with E-state index >= 15 is 0 Å². The van der Waals surface area contributed by atoms with Crippen molar-refractivity contribution in [1.82, 2.24) is 10.6 Å². The van der Waals surface area contributed by atoms with Gasteiger partial charge in [-0.3, -0.25) is 28.8 Å². The van der Waals surface area contributed by atoms with E-state index in [1.165, 1.54) is 19.8 Å². The average Bonchev–Trinajstić information content (AvgIpc) is 4.10. The van der Waals surface area contributed by atoms with Crippen molar-refractivity contribution in [2.24, 2.45) is 28.6 Å². The van der Waals surface area contributed by atoms with E-state index in [0.29, 0.717) is 37.0 Å². The molecule has 2 saturated carbocycles. The second kappa shape index (κ2) is 25.0. The summed E-state index contributed by atoms with van der Waals surface area (Å²) in [7, 11) is 0. The van der Waals surface area contributed by atoms with Crippen LogP contribution in [-0.4, -0.2) is 63.3 Å². The smallest absolute Gasteiger partial charge is 0.224 e. The zero-order valence-corrected chi connectivity index (χ0v) is 38.5. The summed E-state index contributed by atoms with van der Waals surface area (Å²) in [4.78, 5) is 86.7. The fraction of sp³-hybridized carbons (Fsp3) is 0.735. The highest BCUT2D eigenvalue weighted by atomic mass is 32.2. The molecule has 0 aromatic heterocycles. The second-order valence-corrected chi connectivity index (χ2v) is 20.5. The van der Waals surface area contributed by atoms with E-state index in [4.69, 9.17) is 0 Å². The largest absolute Gasteiger partial charge is 0.346 e. The molecule has 0 bridgehead atoms. The van der Waals surface area contributed by atoms with Crippen LogP contribution in [0.3, 0.4) is 0 Å². The molecule has 6 atom stereocenters. The van der Waals surface area contributed by atoms with Crippen molar-refractivity contribution in [3.8, 4) is 0 Å². The van der Waals surface area contributed by atoms with Crippen LogP contribution in [0.4, 0.5) is 0 Å². The molecule has 3 fully saturated rings. The van der Waals surface area contributed by atoms with Gasteiger partial charge in [-0.2, -0.15) is 11.8 Å². The Labute approximate surface area is 361 Å². The average molecular weight is 841 g/mol. The molecule has 59 heavy (non-hydrogen) atoms. The summed E-state index contributed by atoms with van der Waals surface area (Å²) >= 11 is 1.70. The topological polar surface area (TPSA) is 144 Å². The van der Waals surface area contributed by atoms with Gasteiger partial charge in [0.25, 0.3) is 0 Å². The van der Waals surface area contributed by atoms with E-state index in [0.717, 1.165) is 56.3 Å². The minimum atomic E-state index is -0.836. The Morgan fingerprint density at radius 3 is 1.90 bits per heavy atom. The highest BCUT2D eigenvalue weighted by molar-refractivity contribution is 8.02. The zero-order valence-electron chi connectivity index (χ0n) is 37.7. The van der Waals surface area contributed by atoms with E-state index in [2.05, 4.69) is 45.3 Å². The van der Waals surface area contributed by atoms with Crippen LogP contribution in [0.25, 0.3) is 0 Å². The Kier molecular flexibility index (Phi) is 22.8. The van der Waals surface area contributed by atoms with Crippen molar-refractivity contribution in [1.29, 1.82) is 0 Å². The van der Waals surface area contributed by atoms with Gasteiger partial charge in [-0.1, -0.05) is 112 Å². The Balaban J connectivity index is 0.000000853. The third kappa shape index (κ3) is 19.4. The fourth-order valence-corrected chi connectivity index (χ4v) is 8.83. The minimum Gasteiger partial charge on any atom is -0.346 e. The first-order valence-corrected chi connectivity index (χ1v) is 22.9. The molecule has 1 saturated heterocycles. The zero-order chi connectivity index (χ0) is 43.8. The predicted molar refractivity (Wildman–Crippen MR) is 242 cm³/mol. The molecular formula is C49H80N2O7S. The van der Waals surface area contributed by atoms with Gasteiger partial charge in [-0.05, 0) is 99.7 Å². The molecule has 334 valence electrons. The number of carbonyl (C=O) groups excluding carboxylic acids is 7. The number of benzene rings is 1. The standard InChI is InChI=1S/C34H56N2O5S.C10H12O.C4H8O.CH4/c1-8-12-32(4,5)21-28(39)36-30(34(7)15-16-42-34)27(38)19-25(17-23(9-2)20-33(6)13-14-33)31(41)35-26(18-24-10-11-24)29(40)22(3)37;1-8(9(2)11)10-6-4-3-5-7-10;1-3-4(2)5;/h23-26,30H,8-21H2,1-7H3,(H,35,41)(H,36,39);3-8H,1-2H3;3H2,1-2H3;1H4/t23-,25?,26?,30?,34?;;;/m0.../s1. The van der Waals surface area contributed by atoms with E-state index in [1.54, 1.807) is 25.6 Å². The molecule has 4 rings (SSSR count). The van der Waals surface area contributed by atoms with Gasteiger partial charge in [0.1, 0.15) is 17.6 Å². The highest BCUT2D eigenvalue weighted by Gasteiger charge is 2.47. The number of carbonyl (C=O) groups is 7. The lowest BCUT2D eigenvalue weighted by molar-refractivity contribution is -0.139. The number of hydrogen-bond donors (Lipinski definition) is 2. The van der Waals surface area contributed by atoms with Crippen molar-refractivity contribution in [3.63, 3.8) is 0 Å². The Morgan fingerprint density at radius 2 is 1.47 bits per heavy atom. The van der Waals surface area contributed by atoms with Crippen LogP contribution < -0.4 is 10.6 Å². The summed E-state index contributed by atoms with van der Waals surface area (Å²) in [5.74, 6) is -0.194. The molecule has 0 radical (unpaired) electrons. The van der Waals surface area contributed by atoms with Gasteiger partial charge in [0, 0.05) is 42.8 Å². The molecule has 2 aliphatic carbocycles. The Morgan fingerprint density at radius 1 is 0.898 bits per heavy atom. The van der Waals surface area contributed by atoms with Crippen LogP contribution in [0.15, 0.2) is 30.3 Å². The van der Waals surface area contributed by atoms with Crippen molar-refractivity contribution >= 4 is 52.5 Å². The summed E-state index contributed by atoms with van der Waals surface area (Å²) < 4.78 is -0.395. The molecule has 2 amide bonds. The summed E-state index contributed by atoms with van der Waals surface area (Å²) in [5, 5.41) is 6.02. The predicted octanol–water partition coefficient (Wildman–Crippen LogP) is 10.2. The first kappa shape index (κ1) is 53.9. The lowest BCUT2D eigenvalue weighted by Gasteiger charge is -2.44. The third-order valence-corrected chi connectivity index (χ3v) is 13.9. The first-order valence-electron chi connectivity index (χ1n) is 21.9. The normalized spacial score (nSPS) is 20.1. The van der Waals surface area contributed by atoms with Crippen LogP contribution in [0.2, 0.25) is 0 Å². The van der Waals surface area contributed by atoms with Crippen LogP contribution in [0.1, 0.15) is 185 Å². The van der Waals surface area contributed by atoms with E-state index < -0.39 is 34.3 Å². The van der Waals surface area contributed by atoms with Gasteiger partial charge in [-0.25, -0.2) is 0 Å². The monoisotopic (exact) mass is 841 g/mol. The quantitative estimate of drug-likeness (QED) is 0.104. The number of rotatable bonds is 23. The molecule has 9 nitrogen and oxygen atoms in total. The first-order chi connectivity index (χ1) is 27.1. The molecule has 1 aromatic rings. The minimum absolute atomic E-state index is 0. The van der Waals surface area contributed by atoms with E-state index in [-0.39, 0.29) is 60.3 Å². The van der Waals surface area contributed by atoms with Crippen molar-refractivity contribution in [3.05, 3.63) is 35.9 Å². The maximum atomic E-state index is 14.1. The van der Waals surface area contributed by atoms with Crippen molar-refractivity contribution in [2.45, 2.75) is 196 Å². The second-order valence-electron chi connectivity index (χ2n) is 18.9. The van der Waals surface area contributed by atoms with Gasteiger partial charge in [0.2, 0.25) is 17.6 Å². The van der Waals surface area contributed by atoms with Gasteiger partial charge in [0.05, 0.1) is 6.04 Å². The number of ketones is 5. The number of amides is 2. The summed E-state index contributed by atoms with van der Waals surface area (Å²) in [6.45, 7) is 21.0. The van der Waals surface area contributed by atoms with Crippen molar-refractivity contribution in [2.75, 3.05) is 5.75 Å². The lowest BCUT2D eigenvalue weighted by Crippen LogP contribution is -2.58. The van der Waals surface area contributed by atoms with Crippen LogP contribution in [0.5, 0.6) is 0 Å². The highest BCUT2D eigenvalue weighted by Crippen LogP contribution is 2.51. The van der Waals surface area contributed by atoms with Gasteiger partial charge < -0.3 is 15.4 Å². The number of nitrogens with one attached hydrogen (secondary N) is 2. The van der Waals surface area contributed by atoms with Crippen LogP contribution >= 0.6 is 11.8 Å². The van der Waals surface area contributed by atoms with Crippen molar-refractivity contribution < 1.29 is 33.6 Å². The van der Waals surface area contributed by atoms with Gasteiger partial charge in [0.15, 0.2) is 11.6 Å². The van der Waals surface area contributed by atoms with Crippen LogP contribution in [-0.2, 0) is 33.6 Å². The summed E-state index contributed by atoms with van der Waals surface area (Å²) in [5.41, 5.74) is 1.25. The summed E-state index contributed by atoms with van der Waals surface area (Å²) in [6, 6.07) is 8.31. The molecule has 1 heterocycles. The van der Waals surface area contributed by atoms with E-state index in [9.17, 15) is 33.6 Å². The van der Waals surface area contributed by atoms with Crippen LogP contribution in [0, 0.1) is 28.6 Å².